The summed E-state index contributed by atoms with van der Waals surface area (Å²) in [5, 5.41) is 8.65. The van der Waals surface area contributed by atoms with Gasteiger partial charge in [0.15, 0.2) is 0 Å². The highest BCUT2D eigenvalue weighted by Gasteiger charge is 2.00. The fraction of sp³-hybridized carbons (Fsp3) is 0.278. The number of ether oxygens (including phenoxy) is 1. The van der Waals surface area contributed by atoms with Crippen LogP contribution in [0, 0.1) is 0 Å². The molecule has 110 valence electrons. The molecule has 2 aromatic carbocycles. The van der Waals surface area contributed by atoms with E-state index in [4.69, 9.17) is 9.84 Å². The van der Waals surface area contributed by atoms with Crippen LogP contribution in [0.25, 0.3) is 0 Å². The van der Waals surface area contributed by atoms with Crippen molar-refractivity contribution in [3.05, 3.63) is 65.2 Å². The van der Waals surface area contributed by atoms with Gasteiger partial charge in [-0.3, -0.25) is 4.79 Å². The summed E-state index contributed by atoms with van der Waals surface area (Å²) >= 11 is 0. The second-order valence-corrected chi connectivity index (χ2v) is 5.00. The van der Waals surface area contributed by atoms with Gasteiger partial charge in [0.2, 0.25) is 0 Å². The Morgan fingerprint density at radius 2 is 1.52 bits per heavy atom. The summed E-state index contributed by atoms with van der Waals surface area (Å²) in [5.74, 6) is 0.0273. The minimum Gasteiger partial charge on any atom is -0.489 e. The molecule has 0 amide bonds. The van der Waals surface area contributed by atoms with Gasteiger partial charge in [-0.15, -0.1) is 0 Å². The van der Waals surface area contributed by atoms with Gasteiger partial charge in [0.25, 0.3) is 0 Å². The van der Waals surface area contributed by atoms with Crippen LogP contribution in [-0.2, 0) is 24.2 Å². The summed E-state index contributed by atoms with van der Waals surface area (Å²) in [5.41, 5.74) is 3.47. The molecule has 2 aromatic rings. The first-order valence-corrected chi connectivity index (χ1v) is 7.18. The summed E-state index contributed by atoms with van der Waals surface area (Å²) in [6.45, 7) is 2.68. The maximum atomic E-state index is 10.5. The second-order valence-electron chi connectivity index (χ2n) is 5.00. The van der Waals surface area contributed by atoms with Crippen molar-refractivity contribution < 1.29 is 14.6 Å². The number of hydrogen-bond acceptors (Lipinski definition) is 2. The van der Waals surface area contributed by atoms with Crippen LogP contribution in [0.4, 0.5) is 0 Å². The van der Waals surface area contributed by atoms with E-state index in [1.54, 1.807) is 0 Å². The Bertz CT molecular complexity index is 570. The van der Waals surface area contributed by atoms with E-state index in [2.05, 4.69) is 31.2 Å². The molecule has 0 heterocycles. The molecular weight excluding hydrogens is 264 g/mol. The predicted molar refractivity (Wildman–Crippen MR) is 82.6 cm³/mol. The number of carbonyl (C=O) groups is 1. The Hall–Kier alpha value is -2.29. The molecule has 0 saturated heterocycles. The van der Waals surface area contributed by atoms with Crippen LogP contribution >= 0.6 is 0 Å². The molecule has 2 rings (SSSR count). The Morgan fingerprint density at radius 1 is 0.952 bits per heavy atom. The monoisotopic (exact) mass is 284 g/mol. The number of aryl methyl sites for hydroxylation is 2. The Kier molecular flexibility index (Phi) is 5.38. The van der Waals surface area contributed by atoms with Crippen molar-refractivity contribution >= 4 is 5.97 Å². The van der Waals surface area contributed by atoms with E-state index in [1.165, 1.54) is 5.56 Å². The van der Waals surface area contributed by atoms with E-state index < -0.39 is 5.97 Å². The number of aliphatic carboxylic acids is 1. The molecule has 0 unspecified atom stereocenters. The lowest BCUT2D eigenvalue weighted by Gasteiger charge is -2.08. The quantitative estimate of drug-likeness (QED) is 0.840. The molecule has 21 heavy (non-hydrogen) atoms. The molecule has 1 N–H and O–H groups in total. The van der Waals surface area contributed by atoms with Crippen molar-refractivity contribution in [3.8, 4) is 5.75 Å². The van der Waals surface area contributed by atoms with E-state index in [-0.39, 0.29) is 6.42 Å². The molecule has 0 spiro atoms. The molecule has 0 atom stereocenters. The normalized spacial score (nSPS) is 10.3. The molecule has 0 radical (unpaired) electrons. The average Bonchev–Trinajstić information content (AvgIpc) is 2.52. The van der Waals surface area contributed by atoms with Crippen molar-refractivity contribution in [2.75, 3.05) is 0 Å². The second kappa shape index (κ2) is 7.48. The number of rotatable bonds is 7. The largest absolute Gasteiger partial charge is 0.489 e. The first-order chi connectivity index (χ1) is 10.2. The number of hydrogen-bond donors (Lipinski definition) is 1. The maximum Gasteiger partial charge on any atom is 0.303 e. The number of carboxylic acid groups (broad SMARTS) is 1. The van der Waals surface area contributed by atoms with E-state index in [0.717, 1.165) is 23.3 Å². The summed E-state index contributed by atoms with van der Waals surface area (Å²) in [7, 11) is 0. The lowest BCUT2D eigenvalue weighted by atomic mass is 10.1. The van der Waals surface area contributed by atoms with Gasteiger partial charge in [0.05, 0.1) is 0 Å². The standard InChI is InChI=1S/C18H20O3/c1-2-14-3-5-16(6-4-14)13-21-17-10-7-15(8-11-17)9-12-18(19)20/h3-8,10-11H,2,9,12-13H2,1H3,(H,19,20). The van der Waals surface area contributed by atoms with Gasteiger partial charge in [0, 0.05) is 6.42 Å². The fourth-order valence-electron chi connectivity index (χ4n) is 2.04. The zero-order chi connectivity index (χ0) is 15.1. The van der Waals surface area contributed by atoms with E-state index >= 15 is 0 Å². The van der Waals surface area contributed by atoms with Crippen molar-refractivity contribution in [3.63, 3.8) is 0 Å². The van der Waals surface area contributed by atoms with E-state index in [9.17, 15) is 4.79 Å². The first kappa shape index (κ1) is 15.1. The van der Waals surface area contributed by atoms with Gasteiger partial charge in [-0.25, -0.2) is 0 Å². The predicted octanol–water partition coefficient (Wildman–Crippen LogP) is 3.85. The van der Waals surface area contributed by atoms with Crippen molar-refractivity contribution in [2.24, 2.45) is 0 Å². The minimum absolute atomic E-state index is 0.157. The topological polar surface area (TPSA) is 46.5 Å². The maximum absolute atomic E-state index is 10.5. The first-order valence-electron chi connectivity index (χ1n) is 7.18. The fourth-order valence-corrected chi connectivity index (χ4v) is 2.04. The Labute approximate surface area is 125 Å². The van der Waals surface area contributed by atoms with Crippen LogP contribution in [0.5, 0.6) is 5.75 Å². The highest BCUT2D eigenvalue weighted by molar-refractivity contribution is 5.67. The minimum atomic E-state index is -0.772. The molecular formula is C18H20O3. The van der Waals surface area contributed by atoms with Crippen LogP contribution in [0.3, 0.4) is 0 Å². The van der Waals surface area contributed by atoms with Crippen molar-refractivity contribution in [1.82, 2.24) is 0 Å². The van der Waals surface area contributed by atoms with E-state index in [0.29, 0.717) is 13.0 Å². The third kappa shape index (κ3) is 4.95. The van der Waals surface area contributed by atoms with Crippen molar-refractivity contribution in [2.45, 2.75) is 32.8 Å². The lowest BCUT2D eigenvalue weighted by Crippen LogP contribution is -1.98. The summed E-state index contributed by atoms with van der Waals surface area (Å²) in [4.78, 5) is 10.5. The highest BCUT2D eigenvalue weighted by Crippen LogP contribution is 2.15. The van der Waals surface area contributed by atoms with Crippen LogP contribution in [0.1, 0.15) is 30.0 Å². The smallest absolute Gasteiger partial charge is 0.303 e. The van der Waals surface area contributed by atoms with Gasteiger partial charge < -0.3 is 9.84 Å². The average molecular weight is 284 g/mol. The van der Waals surface area contributed by atoms with Crippen LogP contribution < -0.4 is 4.74 Å². The van der Waals surface area contributed by atoms with Gasteiger partial charge >= 0.3 is 5.97 Å². The highest BCUT2D eigenvalue weighted by atomic mass is 16.5. The van der Waals surface area contributed by atoms with Gasteiger partial charge in [-0.05, 0) is 41.7 Å². The van der Waals surface area contributed by atoms with E-state index in [1.807, 2.05) is 24.3 Å². The molecule has 3 heteroatoms. The summed E-state index contributed by atoms with van der Waals surface area (Å²) < 4.78 is 5.73. The Balaban J connectivity index is 1.86. The molecule has 0 aliphatic carbocycles. The molecule has 0 saturated carbocycles. The molecule has 0 aromatic heterocycles. The van der Waals surface area contributed by atoms with Gasteiger partial charge in [-0.2, -0.15) is 0 Å². The molecule has 0 bridgehead atoms. The lowest BCUT2D eigenvalue weighted by molar-refractivity contribution is -0.136. The Morgan fingerprint density at radius 3 is 2.10 bits per heavy atom. The SMILES string of the molecule is CCc1ccc(COc2ccc(CCC(=O)O)cc2)cc1. The van der Waals surface area contributed by atoms with Crippen molar-refractivity contribution in [1.29, 1.82) is 0 Å². The van der Waals surface area contributed by atoms with Crippen LogP contribution in [0.2, 0.25) is 0 Å². The number of carboxylic acids is 1. The molecule has 3 nitrogen and oxygen atoms in total. The molecule has 0 aliphatic heterocycles. The van der Waals surface area contributed by atoms with Gasteiger partial charge in [-0.1, -0.05) is 43.3 Å². The van der Waals surface area contributed by atoms with Gasteiger partial charge in [0.1, 0.15) is 12.4 Å². The molecule has 0 aliphatic rings. The zero-order valence-electron chi connectivity index (χ0n) is 12.2. The van der Waals surface area contributed by atoms with Crippen LogP contribution in [-0.4, -0.2) is 11.1 Å². The summed E-state index contributed by atoms with van der Waals surface area (Å²) in [6.07, 6.45) is 1.75. The number of benzene rings is 2. The van der Waals surface area contributed by atoms with Crippen LogP contribution in [0.15, 0.2) is 48.5 Å². The summed E-state index contributed by atoms with van der Waals surface area (Å²) in [6, 6.07) is 16.0. The third-order valence-electron chi connectivity index (χ3n) is 3.39. The molecule has 0 fully saturated rings. The third-order valence-corrected chi connectivity index (χ3v) is 3.39. The zero-order valence-corrected chi connectivity index (χ0v) is 12.2.